The van der Waals surface area contributed by atoms with Crippen molar-refractivity contribution >= 4 is 27.1 Å². The van der Waals surface area contributed by atoms with Crippen molar-refractivity contribution in [3.63, 3.8) is 0 Å². The van der Waals surface area contributed by atoms with E-state index in [9.17, 15) is 0 Å². The molecule has 10 rings (SSSR count). The lowest BCUT2D eigenvalue weighted by Gasteiger charge is -2.14. The number of fused-ring (bicyclic) bond motifs is 3. The van der Waals surface area contributed by atoms with Crippen LogP contribution in [0.4, 0.5) is 0 Å². The zero-order chi connectivity index (χ0) is 45.9. The van der Waals surface area contributed by atoms with Gasteiger partial charge in [0.15, 0.2) is 29.1 Å². The van der Waals surface area contributed by atoms with Crippen LogP contribution in [0.25, 0.3) is 94.9 Å². The molecule has 0 fully saturated rings. The highest BCUT2D eigenvalue weighted by Crippen LogP contribution is 2.38. The van der Waals surface area contributed by atoms with E-state index in [0.29, 0.717) is 35.5 Å². The first-order valence-electron chi connectivity index (χ1n) is 22.9. The minimum Gasteiger partial charge on any atom is -0.213 e. The summed E-state index contributed by atoms with van der Waals surface area (Å²) in [6.45, 7) is 10.4. The second-order valence-electron chi connectivity index (χ2n) is 17.2. The summed E-state index contributed by atoms with van der Waals surface area (Å²) in [5.41, 5.74) is 14.1. The lowest BCUT2D eigenvalue weighted by molar-refractivity contribution is 0.920. The predicted molar refractivity (Wildman–Crippen MR) is 278 cm³/mol. The van der Waals surface area contributed by atoms with E-state index in [1.54, 1.807) is 0 Å². The summed E-state index contributed by atoms with van der Waals surface area (Å²) in [6, 6.07) is 51.5. The highest BCUT2D eigenvalue weighted by atomic mass is 15.0. The number of nitrogens with zero attached hydrogens (tertiary/aromatic N) is 6. The molecule has 0 saturated heterocycles. The monoisotopic (exact) mass is 866 g/mol. The van der Waals surface area contributed by atoms with Gasteiger partial charge in [-0.1, -0.05) is 194 Å². The van der Waals surface area contributed by atoms with Crippen molar-refractivity contribution in [3.05, 3.63) is 222 Å². The quantitative estimate of drug-likeness (QED) is 0.101. The summed E-state index contributed by atoms with van der Waals surface area (Å²) < 4.78 is 0. The standard InChI is InChI=1S/C61H50N6/c1-6-7-17-39(2)38-56-62-57(64-59(63-56)47-22-13-11-19-41(47)4)45-32-28-43(29-33-45)50-24-15-26-52-53-27-16-25-51(55(53)37-36-54(50)52)44-30-34-46(35-31-44)58-65-60(48-21-10-8-9-18-40(48)3)67-61(66-58)49-23-14-12-20-42(49)5/h6-9,11-37H,10,38H2,1-5H3/b7-6-,39-17-. The summed E-state index contributed by atoms with van der Waals surface area (Å²) in [4.78, 5) is 30.1. The highest BCUT2D eigenvalue weighted by Gasteiger charge is 2.18. The van der Waals surface area contributed by atoms with Crippen LogP contribution in [0, 0.1) is 13.8 Å². The zero-order valence-corrected chi connectivity index (χ0v) is 38.5. The van der Waals surface area contributed by atoms with E-state index in [0.717, 1.165) is 67.9 Å². The number of rotatable bonds is 10. The normalized spacial score (nSPS) is 13.0. The molecule has 0 aliphatic heterocycles. The Morgan fingerprint density at radius 2 is 0.955 bits per heavy atom. The third kappa shape index (κ3) is 8.82. The molecule has 6 heteroatoms. The lowest BCUT2D eigenvalue weighted by Crippen LogP contribution is -2.04. The number of allylic oxidation sites excluding steroid dienone is 10. The third-order valence-electron chi connectivity index (χ3n) is 12.5. The van der Waals surface area contributed by atoms with Gasteiger partial charge in [-0.05, 0) is 102 Å². The number of hydrogen-bond acceptors (Lipinski definition) is 6. The molecule has 0 radical (unpaired) electrons. The molecule has 0 atom stereocenters. The fraction of sp³-hybridized carbons (Fsp3) is 0.115. The van der Waals surface area contributed by atoms with Gasteiger partial charge >= 0.3 is 0 Å². The van der Waals surface area contributed by atoms with E-state index < -0.39 is 0 Å². The van der Waals surface area contributed by atoms with Crippen LogP contribution in [0.2, 0.25) is 0 Å². The molecule has 6 nitrogen and oxygen atoms in total. The Hall–Kier alpha value is -8.22. The second kappa shape index (κ2) is 18.7. The maximum absolute atomic E-state index is 5.08. The molecule has 324 valence electrons. The van der Waals surface area contributed by atoms with Crippen molar-refractivity contribution in [1.29, 1.82) is 0 Å². The number of benzene rings is 7. The summed E-state index contributed by atoms with van der Waals surface area (Å²) >= 11 is 0. The maximum Gasteiger partial charge on any atom is 0.164 e. The average Bonchev–Trinajstić information content (AvgIpc) is 3.59. The Labute approximate surface area is 392 Å². The summed E-state index contributed by atoms with van der Waals surface area (Å²) in [7, 11) is 0. The van der Waals surface area contributed by atoms with E-state index in [4.69, 9.17) is 29.9 Å². The van der Waals surface area contributed by atoms with E-state index in [1.807, 2.05) is 37.3 Å². The average molecular weight is 867 g/mol. The Bertz CT molecular complexity index is 3500. The van der Waals surface area contributed by atoms with E-state index in [-0.39, 0.29) is 0 Å². The van der Waals surface area contributed by atoms with E-state index in [1.165, 1.54) is 38.2 Å². The van der Waals surface area contributed by atoms with Gasteiger partial charge in [0.2, 0.25) is 0 Å². The predicted octanol–water partition coefficient (Wildman–Crippen LogP) is 15.3. The fourth-order valence-corrected chi connectivity index (χ4v) is 8.93. The van der Waals surface area contributed by atoms with E-state index in [2.05, 4.69) is 185 Å². The number of aromatic nitrogens is 6. The fourth-order valence-electron chi connectivity index (χ4n) is 8.93. The van der Waals surface area contributed by atoms with Crippen LogP contribution in [0.1, 0.15) is 50.0 Å². The first-order chi connectivity index (χ1) is 32.8. The van der Waals surface area contributed by atoms with Crippen LogP contribution in [-0.2, 0) is 6.42 Å². The molecule has 67 heavy (non-hydrogen) atoms. The van der Waals surface area contributed by atoms with Gasteiger partial charge in [-0.25, -0.2) is 29.9 Å². The van der Waals surface area contributed by atoms with Crippen LogP contribution in [0.3, 0.4) is 0 Å². The van der Waals surface area contributed by atoms with Crippen molar-refractivity contribution in [3.8, 4) is 67.8 Å². The topological polar surface area (TPSA) is 77.3 Å². The maximum atomic E-state index is 5.08. The Morgan fingerprint density at radius 1 is 0.478 bits per heavy atom. The molecule has 0 saturated carbocycles. The van der Waals surface area contributed by atoms with Crippen molar-refractivity contribution < 1.29 is 0 Å². The van der Waals surface area contributed by atoms with Gasteiger partial charge in [0.25, 0.3) is 0 Å². The van der Waals surface area contributed by atoms with Crippen LogP contribution in [-0.4, -0.2) is 29.9 Å². The third-order valence-corrected chi connectivity index (χ3v) is 12.5. The molecular weight excluding hydrogens is 817 g/mol. The molecule has 2 heterocycles. The number of aryl methyl sites for hydroxylation is 2. The van der Waals surface area contributed by atoms with Crippen molar-refractivity contribution in [2.24, 2.45) is 0 Å². The summed E-state index contributed by atoms with van der Waals surface area (Å²) in [5, 5.41) is 4.80. The number of hydrogen-bond donors (Lipinski definition) is 0. The van der Waals surface area contributed by atoms with Gasteiger partial charge in [0.1, 0.15) is 5.82 Å². The molecule has 0 unspecified atom stereocenters. The SMILES string of the molecule is C/C=C\C=C(\C)Cc1nc(-c2ccc(-c3cccc4c3ccc3c(-c5ccc(-c6nc(C7=CCC=CC=C7C)nc(-c7ccccc7C)n6)cc5)cccc34)cc2)nc(-c2ccccc2C)n1. The molecule has 1 aliphatic rings. The zero-order valence-electron chi connectivity index (χ0n) is 38.5. The van der Waals surface area contributed by atoms with Crippen molar-refractivity contribution in [2.75, 3.05) is 0 Å². The van der Waals surface area contributed by atoms with Crippen LogP contribution in [0.15, 0.2) is 199 Å². The van der Waals surface area contributed by atoms with Crippen molar-refractivity contribution in [2.45, 2.75) is 47.5 Å². The molecule has 0 amide bonds. The van der Waals surface area contributed by atoms with Gasteiger partial charge in [-0.15, -0.1) is 0 Å². The summed E-state index contributed by atoms with van der Waals surface area (Å²) in [5.74, 6) is 4.12. The smallest absolute Gasteiger partial charge is 0.164 e. The minimum atomic E-state index is 0.639. The molecule has 0 spiro atoms. The molecular formula is C61H50N6. The first kappa shape index (κ1) is 42.7. The largest absolute Gasteiger partial charge is 0.213 e. The van der Waals surface area contributed by atoms with Gasteiger partial charge < -0.3 is 0 Å². The minimum absolute atomic E-state index is 0.639. The van der Waals surface area contributed by atoms with E-state index >= 15 is 0 Å². The van der Waals surface area contributed by atoms with Gasteiger partial charge in [-0.3, -0.25) is 0 Å². The Balaban J connectivity index is 0.979. The second-order valence-corrected chi connectivity index (χ2v) is 17.2. The Kier molecular flexibility index (Phi) is 11.9. The van der Waals surface area contributed by atoms with Crippen LogP contribution < -0.4 is 0 Å². The first-order valence-corrected chi connectivity index (χ1v) is 22.9. The lowest BCUT2D eigenvalue weighted by atomic mass is 9.91. The molecule has 9 aromatic rings. The molecule has 2 aromatic heterocycles. The van der Waals surface area contributed by atoms with Crippen LogP contribution >= 0.6 is 0 Å². The molecule has 0 bridgehead atoms. The van der Waals surface area contributed by atoms with Gasteiger partial charge in [0.05, 0.1) is 0 Å². The van der Waals surface area contributed by atoms with Gasteiger partial charge in [-0.2, -0.15) is 0 Å². The molecule has 0 N–H and O–H groups in total. The summed E-state index contributed by atoms with van der Waals surface area (Å²) in [6.07, 6.45) is 16.2. The highest BCUT2D eigenvalue weighted by molar-refractivity contribution is 6.15. The molecule has 1 aliphatic carbocycles. The van der Waals surface area contributed by atoms with Crippen LogP contribution in [0.5, 0.6) is 0 Å². The van der Waals surface area contributed by atoms with Crippen molar-refractivity contribution in [1.82, 2.24) is 29.9 Å². The van der Waals surface area contributed by atoms with Gasteiger partial charge in [0, 0.05) is 34.2 Å². The molecule has 7 aromatic carbocycles. The Morgan fingerprint density at radius 3 is 1.52 bits per heavy atom.